The number of hydrogen-bond acceptors (Lipinski definition) is 0. The van der Waals surface area contributed by atoms with Crippen LogP contribution in [-0.2, 0) is 0 Å². The Labute approximate surface area is 79.7 Å². The molecule has 0 amide bonds. The molecule has 0 aliphatic rings. The van der Waals surface area contributed by atoms with E-state index in [-0.39, 0.29) is 0 Å². The molecule has 2 heteroatoms. The number of aryl methyl sites for hydroxylation is 2. The number of rotatable bonds is 0. The summed E-state index contributed by atoms with van der Waals surface area (Å²) in [5, 5.41) is 0.859. The van der Waals surface area contributed by atoms with Gasteiger partial charge in [-0.2, -0.15) is 0 Å². The fourth-order valence-electron chi connectivity index (χ4n) is 0.746. The van der Waals surface area contributed by atoms with Crippen molar-refractivity contribution in [2.45, 2.75) is 13.8 Å². The van der Waals surface area contributed by atoms with Gasteiger partial charge in [0.15, 0.2) is 0 Å². The fraction of sp³-hybridized carbons (Fsp3) is 0.250. The van der Waals surface area contributed by atoms with E-state index in [2.05, 4.69) is 35.6 Å². The third kappa shape index (κ3) is 1.64. The lowest BCUT2D eigenvalue weighted by Crippen LogP contribution is -1.82. The van der Waals surface area contributed by atoms with Crippen LogP contribution in [0.3, 0.4) is 0 Å². The van der Waals surface area contributed by atoms with Gasteiger partial charge in [0.2, 0.25) is 0 Å². The maximum absolute atomic E-state index is 5.88. The van der Waals surface area contributed by atoms with E-state index in [1.165, 1.54) is 9.13 Å². The summed E-state index contributed by atoms with van der Waals surface area (Å²) in [6, 6.07) is 4.09. The Bertz CT molecular complexity index is 205. The summed E-state index contributed by atoms with van der Waals surface area (Å²) >= 11 is 8.19. The van der Waals surface area contributed by atoms with Crippen LogP contribution >= 0.6 is 34.2 Å². The van der Waals surface area contributed by atoms with E-state index in [9.17, 15) is 0 Å². The molecule has 0 fully saturated rings. The summed E-state index contributed by atoms with van der Waals surface area (Å²) in [5.74, 6) is 0. The quantitative estimate of drug-likeness (QED) is 0.630. The Morgan fingerprint density at radius 2 is 1.80 bits per heavy atom. The summed E-state index contributed by atoms with van der Waals surface area (Å²) in [6.45, 7) is 4.08. The largest absolute Gasteiger partial charge is 0.0840 e. The van der Waals surface area contributed by atoms with E-state index >= 15 is 0 Å². The minimum atomic E-state index is 0.859. The highest BCUT2D eigenvalue weighted by atomic mass is 127. The van der Waals surface area contributed by atoms with E-state index in [1.807, 2.05) is 13.0 Å². The van der Waals surface area contributed by atoms with E-state index in [0.29, 0.717) is 0 Å². The molecule has 0 aliphatic heterocycles. The predicted octanol–water partition coefficient (Wildman–Crippen LogP) is 3.56. The summed E-state index contributed by atoms with van der Waals surface area (Å²) in [5.41, 5.74) is 2.40. The Kier molecular flexibility index (Phi) is 2.58. The highest BCUT2D eigenvalue weighted by molar-refractivity contribution is 14.1. The molecule has 0 spiro atoms. The maximum atomic E-state index is 5.88. The van der Waals surface area contributed by atoms with Crippen LogP contribution in [0, 0.1) is 17.4 Å². The van der Waals surface area contributed by atoms with Gasteiger partial charge in [0.05, 0.1) is 0 Å². The van der Waals surface area contributed by atoms with Crippen LogP contribution in [0.4, 0.5) is 0 Å². The van der Waals surface area contributed by atoms with Gasteiger partial charge in [-0.3, -0.25) is 0 Å². The molecule has 0 N–H and O–H groups in total. The number of hydrogen-bond donors (Lipinski definition) is 0. The van der Waals surface area contributed by atoms with Crippen LogP contribution in [0.15, 0.2) is 12.1 Å². The van der Waals surface area contributed by atoms with Crippen LogP contribution in [0.5, 0.6) is 0 Å². The van der Waals surface area contributed by atoms with Crippen LogP contribution in [0.1, 0.15) is 11.1 Å². The van der Waals surface area contributed by atoms with Crippen LogP contribution in [-0.4, -0.2) is 0 Å². The van der Waals surface area contributed by atoms with Crippen molar-refractivity contribution in [2.24, 2.45) is 0 Å². The van der Waals surface area contributed by atoms with Gasteiger partial charge in [-0.25, -0.2) is 0 Å². The number of benzene rings is 1. The van der Waals surface area contributed by atoms with Crippen molar-refractivity contribution < 1.29 is 0 Å². The molecule has 0 aromatic heterocycles. The summed E-state index contributed by atoms with van der Waals surface area (Å²) in [4.78, 5) is 0. The molecule has 10 heavy (non-hydrogen) atoms. The smallest absolute Gasteiger partial charge is 0.0438 e. The first-order chi connectivity index (χ1) is 4.61. The van der Waals surface area contributed by atoms with Crippen LogP contribution in [0.2, 0.25) is 5.02 Å². The summed E-state index contributed by atoms with van der Waals surface area (Å²) in [6.07, 6.45) is 0. The lowest BCUT2D eigenvalue weighted by molar-refractivity contribution is 1.36. The fourth-order valence-corrected chi connectivity index (χ4v) is 1.59. The second kappa shape index (κ2) is 3.09. The molecule has 0 saturated heterocycles. The molecule has 0 nitrogen and oxygen atoms in total. The van der Waals surface area contributed by atoms with Crippen molar-refractivity contribution in [1.82, 2.24) is 0 Å². The summed E-state index contributed by atoms with van der Waals surface area (Å²) < 4.78 is 1.28. The Balaban J connectivity index is 3.28. The second-order valence-electron chi connectivity index (χ2n) is 2.35. The molecule has 0 atom stereocenters. The molecule has 0 bridgehead atoms. The molecular weight excluding hydrogens is 258 g/mol. The Hall–Kier alpha value is 0.240. The third-order valence-corrected chi connectivity index (χ3v) is 3.01. The predicted molar refractivity (Wildman–Crippen MR) is 53.6 cm³/mol. The average molecular weight is 267 g/mol. The van der Waals surface area contributed by atoms with Gasteiger partial charge >= 0.3 is 0 Å². The SMILES string of the molecule is Cc1cc(I)c(C)cc1Cl. The molecular formula is C8H8ClI. The van der Waals surface area contributed by atoms with Gasteiger partial charge < -0.3 is 0 Å². The van der Waals surface area contributed by atoms with E-state index in [0.717, 1.165) is 10.6 Å². The van der Waals surface area contributed by atoms with Gasteiger partial charge in [-0.1, -0.05) is 11.6 Å². The van der Waals surface area contributed by atoms with Crippen molar-refractivity contribution in [1.29, 1.82) is 0 Å². The first kappa shape index (κ1) is 8.34. The lowest BCUT2D eigenvalue weighted by Gasteiger charge is -2.01. The van der Waals surface area contributed by atoms with Crippen LogP contribution in [0.25, 0.3) is 0 Å². The first-order valence-corrected chi connectivity index (χ1v) is 4.49. The topological polar surface area (TPSA) is 0 Å². The molecule has 0 saturated carbocycles. The van der Waals surface area contributed by atoms with E-state index in [4.69, 9.17) is 11.6 Å². The zero-order valence-corrected chi connectivity index (χ0v) is 8.82. The normalized spacial score (nSPS) is 10.0. The Morgan fingerprint density at radius 3 is 2.30 bits per heavy atom. The third-order valence-electron chi connectivity index (χ3n) is 1.44. The van der Waals surface area contributed by atoms with E-state index in [1.54, 1.807) is 0 Å². The van der Waals surface area contributed by atoms with Gasteiger partial charge in [0.1, 0.15) is 0 Å². The molecule has 0 unspecified atom stereocenters. The first-order valence-electron chi connectivity index (χ1n) is 3.03. The minimum absolute atomic E-state index is 0.859. The van der Waals surface area contributed by atoms with Crippen molar-refractivity contribution in [3.05, 3.63) is 31.9 Å². The van der Waals surface area contributed by atoms with Crippen LogP contribution < -0.4 is 0 Å². The molecule has 1 aromatic rings. The molecule has 1 aromatic carbocycles. The molecule has 54 valence electrons. The zero-order chi connectivity index (χ0) is 7.72. The van der Waals surface area contributed by atoms with E-state index < -0.39 is 0 Å². The highest BCUT2D eigenvalue weighted by Gasteiger charge is 1.98. The zero-order valence-electron chi connectivity index (χ0n) is 5.91. The highest BCUT2D eigenvalue weighted by Crippen LogP contribution is 2.21. The van der Waals surface area contributed by atoms with Gasteiger partial charge in [0.25, 0.3) is 0 Å². The van der Waals surface area contributed by atoms with Gasteiger partial charge in [0, 0.05) is 8.59 Å². The van der Waals surface area contributed by atoms with Gasteiger partial charge in [-0.05, 0) is 59.7 Å². The molecule has 1 rings (SSSR count). The molecule has 0 aliphatic carbocycles. The maximum Gasteiger partial charge on any atom is 0.0438 e. The lowest BCUT2D eigenvalue weighted by atomic mass is 10.2. The molecule has 0 heterocycles. The van der Waals surface area contributed by atoms with Gasteiger partial charge in [-0.15, -0.1) is 0 Å². The monoisotopic (exact) mass is 266 g/mol. The van der Waals surface area contributed by atoms with Crippen molar-refractivity contribution in [3.8, 4) is 0 Å². The summed E-state index contributed by atoms with van der Waals surface area (Å²) in [7, 11) is 0. The van der Waals surface area contributed by atoms with Crippen molar-refractivity contribution >= 4 is 34.2 Å². The Morgan fingerprint density at radius 1 is 1.20 bits per heavy atom. The average Bonchev–Trinajstić information content (AvgIpc) is 1.84. The number of halogens is 2. The second-order valence-corrected chi connectivity index (χ2v) is 3.92. The van der Waals surface area contributed by atoms with Crippen molar-refractivity contribution in [3.63, 3.8) is 0 Å². The molecule has 0 radical (unpaired) electrons. The minimum Gasteiger partial charge on any atom is -0.0840 e. The van der Waals surface area contributed by atoms with Crippen molar-refractivity contribution in [2.75, 3.05) is 0 Å². The standard InChI is InChI=1S/C8H8ClI/c1-5-4-8(10)6(2)3-7(5)9/h3-4H,1-2H3.